The zero-order valence-electron chi connectivity index (χ0n) is 19.2. The Hall–Kier alpha value is -2.86. The number of hydrogen-bond acceptors (Lipinski definition) is 4. The van der Waals surface area contributed by atoms with Gasteiger partial charge in [0.25, 0.3) is 0 Å². The Kier molecular flexibility index (Phi) is 6.24. The van der Waals surface area contributed by atoms with Crippen LogP contribution in [0, 0.1) is 11.8 Å². The second kappa shape index (κ2) is 8.94. The van der Waals surface area contributed by atoms with Crippen LogP contribution in [0.25, 0.3) is 21.9 Å². The molecule has 3 aromatic rings. The molecule has 6 nitrogen and oxygen atoms in total. The molecule has 0 unspecified atom stereocenters. The summed E-state index contributed by atoms with van der Waals surface area (Å²) >= 11 is 0. The average Bonchev–Trinajstić information content (AvgIpc) is 3.12. The van der Waals surface area contributed by atoms with Crippen molar-refractivity contribution in [3.63, 3.8) is 0 Å². The van der Waals surface area contributed by atoms with Crippen LogP contribution in [0.4, 0.5) is 5.69 Å². The Balaban J connectivity index is 1.86. The lowest BCUT2D eigenvalue weighted by Gasteiger charge is -2.34. The molecule has 1 aliphatic rings. The van der Waals surface area contributed by atoms with E-state index in [2.05, 4.69) is 6.92 Å². The zero-order valence-corrected chi connectivity index (χ0v) is 19.2. The maximum Gasteiger partial charge on any atom is 0.337 e. The van der Waals surface area contributed by atoms with Gasteiger partial charge in [0.15, 0.2) is 0 Å². The van der Waals surface area contributed by atoms with Gasteiger partial charge in [0.2, 0.25) is 5.91 Å². The van der Waals surface area contributed by atoms with Crippen molar-refractivity contribution in [2.45, 2.75) is 59.1 Å². The number of methoxy groups -OCH3 is 1. The van der Waals surface area contributed by atoms with Crippen molar-refractivity contribution in [3.8, 4) is 0 Å². The monoisotopic (exact) mass is 437 g/mol. The summed E-state index contributed by atoms with van der Waals surface area (Å²) in [6.45, 7) is 6.46. The molecule has 1 N–H and O–H groups in total. The summed E-state index contributed by atoms with van der Waals surface area (Å²) < 4.78 is 11.5. The normalized spacial score (nSPS) is 19.0. The topological polar surface area (TPSA) is 80.0 Å². The molecule has 4 rings (SSSR count). The van der Waals surface area contributed by atoms with Crippen molar-refractivity contribution >= 4 is 39.5 Å². The molecule has 0 saturated heterocycles. The Morgan fingerprint density at radius 3 is 2.50 bits per heavy atom. The van der Waals surface area contributed by atoms with Crippen LogP contribution in [0.3, 0.4) is 0 Å². The molecule has 0 aliphatic heterocycles. The first-order valence-corrected chi connectivity index (χ1v) is 11.3. The average molecular weight is 438 g/mol. The molecule has 1 fully saturated rings. The zero-order chi connectivity index (χ0) is 23.0. The molecule has 32 heavy (non-hydrogen) atoms. The van der Waals surface area contributed by atoms with Crippen molar-refractivity contribution in [2.75, 3.05) is 12.0 Å². The third kappa shape index (κ3) is 3.99. The number of nitrogens with zero attached hydrogens (tertiary/aromatic N) is 1. The van der Waals surface area contributed by atoms with Crippen molar-refractivity contribution < 1.29 is 23.8 Å². The maximum absolute atomic E-state index is 13.6. The number of carboxylic acid groups (broad SMARTS) is 1. The summed E-state index contributed by atoms with van der Waals surface area (Å²) in [5.74, 6) is -0.491. The molecule has 2 aromatic carbocycles. The molecule has 1 saturated carbocycles. The van der Waals surface area contributed by atoms with Gasteiger partial charge in [0.05, 0.1) is 17.9 Å². The highest BCUT2D eigenvalue weighted by Gasteiger charge is 2.33. The summed E-state index contributed by atoms with van der Waals surface area (Å²) in [5, 5.41) is 11.6. The second-order valence-corrected chi connectivity index (χ2v) is 9.26. The number of carbonyl (C=O) groups excluding carboxylic acids is 1. The number of amides is 1. The standard InChI is InChI=1S/C26H31NO5/c1-15(2)27(25(28)17-10-8-16(3)9-11-17)22-13-23-20(12-21(22)26(29)30)19-7-5-6-18(14-31-4)24(19)32-23/h5-7,12-13,15-17H,8-11,14H2,1-4H3,(H,29,30)/t16-,17-. The van der Waals surface area contributed by atoms with E-state index in [9.17, 15) is 14.7 Å². The van der Waals surface area contributed by atoms with E-state index in [4.69, 9.17) is 9.15 Å². The van der Waals surface area contributed by atoms with Crippen LogP contribution in [0.5, 0.6) is 0 Å². The number of furan rings is 1. The Labute approximate surface area is 188 Å². The van der Waals surface area contributed by atoms with Crippen LogP contribution in [-0.2, 0) is 16.1 Å². The summed E-state index contributed by atoms with van der Waals surface area (Å²) in [5.41, 5.74) is 2.66. The van der Waals surface area contributed by atoms with Crippen LogP contribution in [0.15, 0.2) is 34.7 Å². The lowest BCUT2D eigenvalue weighted by Crippen LogP contribution is -2.42. The van der Waals surface area contributed by atoms with E-state index >= 15 is 0 Å². The molecule has 1 heterocycles. The molecule has 1 amide bonds. The SMILES string of the molecule is COCc1cccc2c1oc1cc(N(C(=O)[C@H]3CC[C@H](C)CC3)C(C)C)c(C(=O)O)cc12. The Morgan fingerprint density at radius 1 is 1.16 bits per heavy atom. The second-order valence-electron chi connectivity index (χ2n) is 9.26. The Bertz CT molecular complexity index is 1150. The number of anilines is 1. The lowest BCUT2D eigenvalue weighted by molar-refractivity contribution is -0.123. The smallest absolute Gasteiger partial charge is 0.337 e. The third-order valence-electron chi connectivity index (χ3n) is 6.61. The fraction of sp³-hybridized carbons (Fsp3) is 0.462. The minimum absolute atomic E-state index is 0.00457. The summed E-state index contributed by atoms with van der Waals surface area (Å²) in [6.07, 6.45) is 3.75. The van der Waals surface area contributed by atoms with Crippen LogP contribution >= 0.6 is 0 Å². The van der Waals surface area contributed by atoms with Crippen molar-refractivity contribution in [1.29, 1.82) is 0 Å². The number of ether oxygens (including phenoxy) is 1. The molecule has 1 aliphatic carbocycles. The first kappa shape index (κ1) is 22.3. The molecule has 0 atom stereocenters. The summed E-state index contributed by atoms with van der Waals surface area (Å²) in [7, 11) is 1.63. The van der Waals surface area contributed by atoms with Gasteiger partial charge in [-0.1, -0.05) is 25.1 Å². The molecular weight excluding hydrogens is 406 g/mol. The van der Waals surface area contributed by atoms with Gasteiger partial charge in [0.1, 0.15) is 11.2 Å². The van der Waals surface area contributed by atoms with E-state index in [0.29, 0.717) is 29.4 Å². The number of benzene rings is 2. The highest BCUT2D eigenvalue weighted by atomic mass is 16.5. The molecule has 170 valence electrons. The van der Waals surface area contributed by atoms with E-state index in [1.54, 1.807) is 24.1 Å². The van der Waals surface area contributed by atoms with Gasteiger partial charge in [-0.15, -0.1) is 0 Å². The predicted molar refractivity (Wildman–Crippen MR) is 125 cm³/mol. The number of fused-ring (bicyclic) bond motifs is 3. The minimum Gasteiger partial charge on any atom is -0.478 e. The lowest BCUT2D eigenvalue weighted by atomic mass is 9.82. The number of para-hydroxylation sites is 1. The van der Waals surface area contributed by atoms with Crippen LogP contribution in [0.2, 0.25) is 0 Å². The van der Waals surface area contributed by atoms with E-state index in [0.717, 1.165) is 42.0 Å². The number of carboxylic acids is 1. The first-order valence-electron chi connectivity index (χ1n) is 11.3. The molecule has 1 aromatic heterocycles. The number of hydrogen-bond donors (Lipinski definition) is 1. The Morgan fingerprint density at radius 2 is 1.88 bits per heavy atom. The van der Waals surface area contributed by atoms with E-state index in [1.165, 1.54) is 0 Å². The van der Waals surface area contributed by atoms with Gasteiger partial charge in [-0.05, 0) is 51.5 Å². The van der Waals surface area contributed by atoms with Crippen LogP contribution in [0.1, 0.15) is 62.4 Å². The first-order chi connectivity index (χ1) is 15.3. The molecule has 0 bridgehead atoms. The fourth-order valence-corrected chi connectivity index (χ4v) is 4.89. The van der Waals surface area contributed by atoms with Gasteiger partial charge in [-0.2, -0.15) is 0 Å². The quantitative estimate of drug-likeness (QED) is 0.512. The van der Waals surface area contributed by atoms with Crippen molar-refractivity contribution in [2.24, 2.45) is 11.8 Å². The number of rotatable bonds is 6. The molecule has 6 heteroatoms. The van der Waals surface area contributed by atoms with E-state index in [-0.39, 0.29) is 23.4 Å². The third-order valence-corrected chi connectivity index (χ3v) is 6.61. The van der Waals surface area contributed by atoms with Crippen molar-refractivity contribution in [3.05, 3.63) is 41.5 Å². The maximum atomic E-state index is 13.6. The van der Waals surface area contributed by atoms with Crippen LogP contribution in [-0.4, -0.2) is 30.1 Å². The molecule has 0 spiro atoms. The van der Waals surface area contributed by atoms with Gasteiger partial charge in [0, 0.05) is 41.5 Å². The van der Waals surface area contributed by atoms with Gasteiger partial charge < -0.3 is 19.2 Å². The van der Waals surface area contributed by atoms with Gasteiger partial charge in [-0.25, -0.2) is 4.79 Å². The van der Waals surface area contributed by atoms with Crippen molar-refractivity contribution in [1.82, 2.24) is 0 Å². The van der Waals surface area contributed by atoms with E-state index < -0.39 is 5.97 Å². The number of carbonyl (C=O) groups is 2. The predicted octanol–water partition coefficient (Wildman–Crippen LogP) is 6.00. The van der Waals surface area contributed by atoms with Crippen LogP contribution < -0.4 is 4.90 Å². The summed E-state index contributed by atoms with van der Waals surface area (Å²) in [6, 6.07) is 8.95. The largest absolute Gasteiger partial charge is 0.478 e. The number of aromatic carboxylic acids is 1. The fourth-order valence-electron chi connectivity index (χ4n) is 4.89. The highest BCUT2D eigenvalue weighted by molar-refractivity contribution is 6.12. The summed E-state index contributed by atoms with van der Waals surface area (Å²) in [4.78, 5) is 27.5. The minimum atomic E-state index is -1.06. The van der Waals surface area contributed by atoms with Gasteiger partial charge in [-0.3, -0.25) is 4.79 Å². The van der Waals surface area contributed by atoms with E-state index in [1.807, 2.05) is 32.0 Å². The van der Waals surface area contributed by atoms with Gasteiger partial charge >= 0.3 is 5.97 Å². The molecular formula is C26H31NO5. The highest BCUT2D eigenvalue weighted by Crippen LogP contribution is 2.38. The molecule has 0 radical (unpaired) electrons.